The Morgan fingerprint density at radius 2 is 2.00 bits per heavy atom. The minimum atomic E-state index is 0.0530. The smallest absolute Gasteiger partial charge is 0.226 e. The topological polar surface area (TPSA) is 75.9 Å². The Bertz CT molecular complexity index is 725. The molecule has 1 amide bonds. The number of hydrogen-bond acceptors (Lipinski definition) is 5. The molecule has 0 aromatic carbocycles. The Hall–Kier alpha value is -2.44. The highest BCUT2D eigenvalue weighted by atomic mass is 16.2. The molecule has 2 atom stereocenters. The third-order valence-corrected chi connectivity index (χ3v) is 5.39. The maximum atomic E-state index is 12.5. The summed E-state index contributed by atoms with van der Waals surface area (Å²) < 4.78 is 1.71. The first-order chi connectivity index (χ1) is 12.2. The third kappa shape index (κ3) is 3.36. The van der Waals surface area contributed by atoms with Crippen LogP contribution in [-0.2, 0) is 4.79 Å². The van der Waals surface area contributed by atoms with Crippen molar-refractivity contribution in [2.45, 2.75) is 38.6 Å². The van der Waals surface area contributed by atoms with Gasteiger partial charge in [-0.05, 0) is 24.8 Å². The predicted molar refractivity (Wildman–Crippen MR) is 94.4 cm³/mol. The van der Waals surface area contributed by atoms with Gasteiger partial charge in [0.2, 0.25) is 5.91 Å². The number of hydrogen-bond donors (Lipinski definition) is 1. The van der Waals surface area contributed by atoms with Crippen molar-refractivity contribution >= 4 is 11.7 Å². The normalized spacial score (nSPS) is 24.0. The summed E-state index contributed by atoms with van der Waals surface area (Å²) in [5.74, 6) is 2.41. The van der Waals surface area contributed by atoms with Crippen LogP contribution in [0.2, 0.25) is 0 Å². The molecule has 7 nitrogen and oxygen atoms in total. The van der Waals surface area contributed by atoms with Gasteiger partial charge in [0.25, 0.3) is 0 Å². The summed E-state index contributed by atoms with van der Waals surface area (Å²) in [6, 6.07) is 4.11. The van der Waals surface area contributed by atoms with E-state index in [-0.39, 0.29) is 11.8 Å². The van der Waals surface area contributed by atoms with Gasteiger partial charge in [-0.1, -0.05) is 19.8 Å². The van der Waals surface area contributed by atoms with E-state index in [2.05, 4.69) is 32.2 Å². The van der Waals surface area contributed by atoms with Crippen LogP contribution in [-0.4, -0.2) is 44.8 Å². The molecule has 0 radical (unpaired) electrons. The van der Waals surface area contributed by atoms with Gasteiger partial charge in [0, 0.05) is 37.6 Å². The van der Waals surface area contributed by atoms with Crippen molar-refractivity contribution in [3.63, 3.8) is 0 Å². The maximum absolute atomic E-state index is 12.5. The summed E-state index contributed by atoms with van der Waals surface area (Å²) in [5, 5.41) is 7.45. The Kier molecular flexibility index (Phi) is 4.38. The van der Waals surface area contributed by atoms with Crippen LogP contribution < -0.4 is 10.2 Å². The molecule has 0 bridgehead atoms. The van der Waals surface area contributed by atoms with Crippen molar-refractivity contribution < 1.29 is 4.79 Å². The quantitative estimate of drug-likeness (QED) is 0.918. The number of rotatable bonds is 4. The lowest BCUT2D eigenvalue weighted by Crippen LogP contribution is -2.56. The van der Waals surface area contributed by atoms with E-state index >= 15 is 0 Å². The molecule has 1 aliphatic heterocycles. The van der Waals surface area contributed by atoms with E-state index in [0.717, 1.165) is 18.1 Å². The molecule has 7 heteroatoms. The molecule has 25 heavy (non-hydrogen) atoms. The minimum Gasteiger partial charge on any atom is -0.355 e. The van der Waals surface area contributed by atoms with Crippen molar-refractivity contribution in [2.24, 2.45) is 11.8 Å². The van der Waals surface area contributed by atoms with Crippen LogP contribution in [0.25, 0.3) is 5.82 Å². The second-order valence-electron chi connectivity index (χ2n) is 7.16. The Morgan fingerprint density at radius 1 is 1.20 bits per heavy atom. The van der Waals surface area contributed by atoms with Crippen molar-refractivity contribution in [2.75, 3.05) is 18.0 Å². The first-order valence-electron chi connectivity index (χ1n) is 9.08. The van der Waals surface area contributed by atoms with Gasteiger partial charge in [-0.2, -0.15) is 5.10 Å². The van der Waals surface area contributed by atoms with Gasteiger partial charge < -0.3 is 10.2 Å². The van der Waals surface area contributed by atoms with Crippen molar-refractivity contribution in [3.8, 4) is 5.82 Å². The summed E-state index contributed by atoms with van der Waals surface area (Å²) >= 11 is 0. The number of carbonyl (C=O) groups excluding carboxylic acids is 1. The van der Waals surface area contributed by atoms with Crippen LogP contribution in [0, 0.1) is 11.8 Å². The first kappa shape index (κ1) is 16.1. The van der Waals surface area contributed by atoms with Gasteiger partial charge in [0.1, 0.15) is 12.1 Å². The molecule has 2 aromatic heterocycles. The van der Waals surface area contributed by atoms with Crippen LogP contribution in [0.1, 0.15) is 32.6 Å². The first-order valence-corrected chi connectivity index (χ1v) is 9.08. The molecule has 132 valence electrons. The second-order valence-corrected chi connectivity index (χ2v) is 7.16. The highest BCUT2D eigenvalue weighted by molar-refractivity contribution is 5.82. The number of nitrogens with zero attached hydrogens (tertiary/aromatic N) is 5. The standard InChI is InChI=1S/C18H24N6O/c1-13-5-2-3-6-15(13)22-18(25)14-10-23(11-14)16-9-17(20-12-19-16)24-8-4-7-21-24/h4,7-9,12-15H,2-3,5-6,10-11H2,1H3,(H,22,25)/t13-,15-/m1/s1. The molecule has 3 heterocycles. The average molecular weight is 340 g/mol. The fraction of sp³-hybridized carbons (Fsp3) is 0.556. The van der Waals surface area contributed by atoms with E-state index < -0.39 is 0 Å². The molecule has 1 saturated heterocycles. The summed E-state index contributed by atoms with van der Waals surface area (Å²) in [7, 11) is 0. The second kappa shape index (κ2) is 6.82. The molecule has 0 spiro atoms. The lowest BCUT2D eigenvalue weighted by Gasteiger charge is -2.40. The molecule has 1 aliphatic carbocycles. The van der Waals surface area contributed by atoms with Gasteiger partial charge in [0.05, 0.1) is 5.92 Å². The van der Waals surface area contributed by atoms with Crippen LogP contribution >= 0.6 is 0 Å². The zero-order valence-corrected chi connectivity index (χ0v) is 14.5. The van der Waals surface area contributed by atoms with Crippen LogP contribution in [0.15, 0.2) is 30.9 Å². The zero-order valence-electron chi connectivity index (χ0n) is 14.5. The van der Waals surface area contributed by atoms with Gasteiger partial charge >= 0.3 is 0 Å². The Morgan fingerprint density at radius 3 is 2.76 bits per heavy atom. The summed E-state index contributed by atoms with van der Waals surface area (Å²) in [4.78, 5) is 23.2. The highest BCUT2D eigenvalue weighted by Gasteiger charge is 2.35. The average Bonchev–Trinajstić information content (AvgIpc) is 3.10. The summed E-state index contributed by atoms with van der Waals surface area (Å²) in [6.07, 6.45) is 9.97. The van der Waals surface area contributed by atoms with E-state index in [1.165, 1.54) is 19.3 Å². The predicted octanol–water partition coefficient (Wildman–Crippen LogP) is 1.79. The summed E-state index contributed by atoms with van der Waals surface area (Å²) in [5.41, 5.74) is 0. The third-order valence-electron chi connectivity index (χ3n) is 5.39. The molecule has 1 saturated carbocycles. The van der Waals surface area contributed by atoms with Crippen LogP contribution in [0.3, 0.4) is 0 Å². The lowest BCUT2D eigenvalue weighted by molar-refractivity contribution is -0.127. The summed E-state index contributed by atoms with van der Waals surface area (Å²) in [6.45, 7) is 3.67. The molecule has 4 rings (SSSR count). The number of amides is 1. The van der Waals surface area contributed by atoms with Gasteiger partial charge in [-0.15, -0.1) is 0 Å². The Balaban J connectivity index is 1.34. The molecular formula is C18H24N6O. The SMILES string of the molecule is C[C@@H]1CCCC[C@H]1NC(=O)C1CN(c2cc(-n3cccn3)ncn2)C1. The van der Waals surface area contributed by atoms with Crippen molar-refractivity contribution in [1.29, 1.82) is 0 Å². The van der Waals surface area contributed by atoms with Gasteiger partial charge in [0.15, 0.2) is 5.82 Å². The van der Waals surface area contributed by atoms with E-state index in [9.17, 15) is 4.79 Å². The highest BCUT2D eigenvalue weighted by Crippen LogP contribution is 2.26. The number of carbonyl (C=O) groups is 1. The number of aromatic nitrogens is 4. The molecule has 0 unspecified atom stereocenters. The largest absolute Gasteiger partial charge is 0.355 e. The van der Waals surface area contributed by atoms with E-state index in [1.807, 2.05) is 18.3 Å². The minimum absolute atomic E-state index is 0.0530. The van der Waals surface area contributed by atoms with Crippen molar-refractivity contribution in [1.82, 2.24) is 25.1 Å². The van der Waals surface area contributed by atoms with Crippen LogP contribution in [0.4, 0.5) is 5.82 Å². The van der Waals surface area contributed by atoms with Crippen LogP contribution in [0.5, 0.6) is 0 Å². The van der Waals surface area contributed by atoms with E-state index in [4.69, 9.17) is 0 Å². The fourth-order valence-corrected chi connectivity index (χ4v) is 3.70. The maximum Gasteiger partial charge on any atom is 0.226 e. The van der Waals surface area contributed by atoms with E-state index in [1.54, 1.807) is 17.2 Å². The monoisotopic (exact) mass is 340 g/mol. The molecule has 2 aromatic rings. The van der Waals surface area contributed by atoms with Crippen molar-refractivity contribution in [3.05, 3.63) is 30.9 Å². The number of nitrogens with one attached hydrogen (secondary N) is 1. The lowest BCUT2D eigenvalue weighted by atomic mass is 9.85. The zero-order chi connectivity index (χ0) is 17.2. The molecule has 1 N–H and O–H groups in total. The van der Waals surface area contributed by atoms with Gasteiger partial charge in [-0.3, -0.25) is 4.79 Å². The molecular weight excluding hydrogens is 316 g/mol. The molecule has 2 fully saturated rings. The van der Waals surface area contributed by atoms with Gasteiger partial charge in [-0.25, -0.2) is 14.6 Å². The Labute approximate surface area is 147 Å². The number of anilines is 1. The van der Waals surface area contributed by atoms with E-state index in [0.29, 0.717) is 25.0 Å². The fourth-order valence-electron chi connectivity index (χ4n) is 3.70. The molecule has 2 aliphatic rings.